The average Bonchev–Trinajstić information content (AvgIpc) is 2.45. The number of nitrogens with one attached hydrogen (secondary N) is 2. The van der Waals surface area contributed by atoms with Crippen molar-refractivity contribution in [3.63, 3.8) is 0 Å². The van der Waals surface area contributed by atoms with E-state index in [1.807, 2.05) is 6.92 Å². The molecule has 0 aromatic heterocycles. The van der Waals surface area contributed by atoms with Crippen LogP contribution in [-0.4, -0.2) is 54.6 Å². The van der Waals surface area contributed by atoms with E-state index in [1.165, 1.54) is 4.90 Å². The maximum Gasteiger partial charge on any atom is 0.317 e. The van der Waals surface area contributed by atoms with Crippen molar-refractivity contribution in [2.45, 2.75) is 32.6 Å². The molecule has 1 aliphatic carbocycles. The summed E-state index contributed by atoms with van der Waals surface area (Å²) in [5, 5.41) is 14.5. The minimum absolute atomic E-state index is 0.00724. The van der Waals surface area contributed by atoms with Gasteiger partial charge in [-0.3, -0.25) is 9.59 Å². The lowest BCUT2D eigenvalue weighted by molar-refractivity contribution is -0.144. The second kappa shape index (κ2) is 8.49. The molecule has 1 fully saturated rings. The molecule has 7 heteroatoms. The number of amides is 3. The van der Waals surface area contributed by atoms with Gasteiger partial charge in [0.25, 0.3) is 0 Å². The Kier molecular flexibility index (Phi) is 6.98. The molecule has 0 radical (unpaired) electrons. The summed E-state index contributed by atoms with van der Waals surface area (Å²) < 4.78 is 0. The number of carboxylic acid groups (broad SMARTS) is 1. The van der Waals surface area contributed by atoms with Gasteiger partial charge in [0.15, 0.2) is 0 Å². The molecular weight excluding hydrogens is 274 g/mol. The van der Waals surface area contributed by atoms with Crippen molar-refractivity contribution < 1.29 is 19.5 Å². The summed E-state index contributed by atoms with van der Waals surface area (Å²) in [6.45, 7) is 2.67. The van der Waals surface area contributed by atoms with Crippen molar-refractivity contribution in [1.82, 2.24) is 15.5 Å². The van der Waals surface area contributed by atoms with Crippen molar-refractivity contribution in [2.75, 3.05) is 26.7 Å². The Labute approximate surface area is 125 Å². The van der Waals surface area contributed by atoms with Crippen LogP contribution in [-0.2, 0) is 9.59 Å². The summed E-state index contributed by atoms with van der Waals surface area (Å²) in [4.78, 5) is 35.8. The number of hydrogen-bond donors (Lipinski definition) is 3. The maximum atomic E-state index is 11.9. The number of carbonyl (C=O) groups is 3. The molecule has 0 bridgehead atoms. The monoisotopic (exact) mass is 299 g/mol. The van der Waals surface area contributed by atoms with Crippen LogP contribution in [0.4, 0.5) is 4.79 Å². The predicted molar refractivity (Wildman–Crippen MR) is 77.8 cm³/mol. The van der Waals surface area contributed by atoms with Crippen LogP contribution in [0.5, 0.6) is 0 Å². The number of aliphatic carboxylic acids is 1. The average molecular weight is 299 g/mol. The highest BCUT2D eigenvalue weighted by Crippen LogP contribution is 2.29. The van der Waals surface area contributed by atoms with Crippen LogP contribution in [0.15, 0.2) is 0 Å². The number of rotatable bonds is 6. The molecule has 0 aromatic carbocycles. The second-order valence-corrected chi connectivity index (χ2v) is 5.48. The molecule has 1 aliphatic rings. The molecule has 2 atom stereocenters. The third-order valence-corrected chi connectivity index (χ3v) is 3.84. The Morgan fingerprint density at radius 2 is 1.86 bits per heavy atom. The summed E-state index contributed by atoms with van der Waals surface area (Å²) in [5.41, 5.74) is 0. The zero-order valence-corrected chi connectivity index (χ0v) is 12.7. The van der Waals surface area contributed by atoms with Crippen molar-refractivity contribution in [3.8, 4) is 0 Å². The first-order valence-corrected chi connectivity index (χ1v) is 7.44. The summed E-state index contributed by atoms with van der Waals surface area (Å²) in [5.74, 6) is -1.41. The topological polar surface area (TPSA) is 98.7 Å². The molecule has 0 aromatic rings. The Hall–Kier alpha value is -1.79. The van der Waals surface area contributed by atoms with E-state index in [-0.39, 0.29) is 30.3 Å². The molecule has 1 rings (SSSR count). The number of nitrogens with zero attached hydrogens (tertiary/aromatic N) is 1. The largest absolute Gasteiger partial charge is 0.481 e. The first-order valence-electron chi connectivity index (χ1n) is 7.44. The van der Waals surface area contributed by atoms with E-state index < -0.39 is 5.97 Å². The highest BCUT2D eigenvalue weighted by Gasteiger charge is 2.31. The minimum atomic E-state index is -0.787. The van der Waals surface area contributed by atoms with Crippen LogP contribution < -0.4 is 10.6 Å². The van der Waals surface area contributed by atoms with E-state index in [0.717, 1.165) is 19.3 Å². The van der Waals surface area contributed by atoms with Gasteiger partial charge in [0, 0.05) is 20.1 Å². The van der Waals surface area contributed by atoms with E-state index in [0.29, 0.717) is 19.5 Å². The molecule has 0 spiro atoms. The molecule has 1 saturated carbocycles. The minimum Gasteiger partial charge on any atom is -0.481 e. The van der Waals surface area contributed by atoms with E-state index in [4.69, 9.17) is 0 Å². The first kappa shape index (κ1) is 17.3. The molecule has 0 heterocycles. The molecule has 2 unspecified atom stereocenters. The third-order valence-electron chi connectivity index (χ3n) is 3.84. The van der Waals surface area contributed by atoms with Crippen molar-refractivity contribution in [1.29, 1.82) is 0 Å². The van der Waals surface area contributed by atoms with Gasteiger partial charge in [0.2, 0.25) is 5.91 Å². The van der Waals surface area contributed by atoms with Crippen LogP contribution in [0.3, 0.4) is 0 Å². The molecular formula is C14H25N3O4. The summed E-state index contributed by atoms with van der Waals surface area (Å²) in [6, 6.07) is -0.351. The highest BCUT2D eigenvalue weighted by atomic mass is 16.4. The molecule has 120 valence electrons. The van der Waals surface area contributed by atoms with E-state index in [1.54, 1.807) is 7.05 Å². The molecule has 7 nitrogen and oxygen atoms in total. The lowest BCUT2D eigenvalue weighted by atomic mass is 9.79. The number of carboxylic acids is 1. The van der Waals surface area contributed by atoms with E-state index in [9.17, 15) is 19.5 Å². The predicted octanol–water partition coefficient (Wildman–Crippen LogP) is 0.655. The van der Waals surface area contributed by atoms with Crippen molar-refractivity contribution in [3.05, 3.63) is 0 Å². The van der Waals surface area contributed by atoms with Gasteiger partial charge in [-0.1, -0.05) is 12.8 Å². The van der Waals surface area contributed by atoms with Crippen LogP contribution in [0, 0.1) is 11.8 Å². The molecule has 21 heavy (non-hydrogen) atoms. The Morgan fingerprint density at radius 1 is 1.19 bits per heavy atom. The van der Waals surface area contributed by atoms with Gasteiger partial charge >= 0.3 is 12.0 Å². The normalized spacial score (nSPS) is 21.4. The quantitative estimate of drug-likeness (QED) is 0.671. The zero-order valence-electron chi connectivity index (χ0n) is 12.7. The van der Waals surface area contributed by atoms with Gasteiger partial charge in [-0.25, -0.2) is 4.79 Å². The van der Waals surface area contributed by atoms with Crippen molar-refractivity contribution >= 4 is 17.9 Å². The van der Waals surface area contributed by atoms with Crippen LogP contribution in [0.1, 0.15) is 32.6 Å². The van der Waals surface area contributed by atoms with Gasteiger partial charge in [-0.15, -0.1) is 0 Å². The Balaban J connectivity index is 2.40. The molecule has 3 N–H and O–H groups in total. The lowest BCUT2D eigenvalue weighted by Crippen LogP contribution is -2.45. The zero-order chi connectivity index (χ0) is 15.8. The van der Waals surface area contributed by atoms with Crippen LogP contribution >= 0.6 is 0 Å². The number of urea groups is 1. The molecule has 3 amide bonds. The van der Waals surface area contributed by atoms with Gasteiger partial charge in [-0.05, 0) is 25.7 Å². The smallest absolute Gasteiger partial charge is 0.317 e. The first-order chi connectivity index (χ1) is 9.95. The summed E-state index contributed by atoms with van der Waals surface area (Å²) >= 11 is 0. The fourth-order valence-electron chi connectivity index (χ4n) is 2.67. The summed E-state index contributed by atoms with van der Waals surface area (Å²) in [7, 11) is 1.54. The fraction of sp³-hybridized carbons (Fsp3) is 0.786. The van der Waals surface area contributed by atoms with Gasteiger partial charge < -0.3 is 20.6 Å². The van der Waals surface area contributed by atoms with Crippen LogP contribution in [0.25, 0.3) is 0 Å². The van der Waals surface area contributed by atoms with Crippen LogP contribution in [0.2, 0.25) is 0 Å². The lowest BCUT2D eigenvalue weighted by Gasteiger charge is -2.29. The Bertz CT molecular complexity index is 386. The number of likely N-dealkylation sites (N-methyl/N-ethyl adjacent to an activating group) is 2. The third kappa shape index (κ3) is 5.61. The van der Waals surface area contributed by atoms with Gasteiger partial charge in [0.05, 0.1) is 5.92 Å². The van der Waals surface area contributed by atoms with Gasteiger partial charge in [-0.2, -0.15) is 0 Å². The molecule has 0 saturated heterocycles. The Morgan fingerprint density at radius 3 is 2.48 bits per heavy atom. The van der Waals surface area contributed by atoms with E-state index >= 15 is 0 Å². The maximum absolute atomic E-state index is 11.9. The fourth-order valence-corrected chi connectivity index (χ4v) is 2.67. The number of hydrogen-bond acceptors (Lipinski definition) is 3. The van der Waals surface area contributed by atoms with Crippen molar-refractivity contribution in [2.24, 2.45) is 11.8 Å². The summed E-state index contributed by atoms with van der Waals surface area (Å²) in [6.07, 6.45) is 3.42. The highest BCUT2D eigenvalue weighted by molar-refractivity contribution is 5.83. The second-order valence-electron chi connectivity index (χ2n) is 5.48. The number of carbonyl (C=O) groups excluding carboxylic acids is 2. The standard InChI is InChI=1S/C14H25N3O4/c1-3-15-12(18)9-17(2)14(21)16-8-10-6-4-5-7-11(10)13(19)20/h10-11H,3-9H2,1-2H3,(H,15,18)(H,16,21)(H,19,20). The molecule has 0 aliphatic heterocycles. The van der Waals surface area contributed by atoms with E-state index in [2.05, 4.69) is 10.6 Å². The van der Waals surface area contributed by atoms with Gasteiger partial charge in [0.1, 0.15) is 6.54 Å². The SMILES string of the molecule is CCNC(=O)CN(C)C(=O)NCC1CCCCC1C(=O)O.